The molecule has 2 heterocycles. The average Bonchev–Trinajstić information content (AvgIpc) is 3.14. The monoisotopic (exact) mass is 393 g/mol. The molecule has 0 radical (unpaired) electrons. The van der Waals surface area contributed by atoms with Crippen LogP contribution in [0.15, 0.2) is 55.5 Å². The van der Waals surface area contributed by atoms with Crippen LogP contribution < -0.4 is 11.1 Å². The zero-order chi connectivity index (χ0) is 16.2. The van der Waals surface area contributed by atoms with Crippen LogP contribution in [0.1, 0.15) is 6.42 Å². The maximum Gasteiger partial charge on any atom is 0.437 e. The van der Waals surface area contributed by atoms with Crippen molar-refractivity contribution in [2.24, 2.45) is 0 Å². The van der Waals surface area contributed by atoms with Crippen LogP contribution in [-0.2, 0) is 11.3 Å². The number of thiophene rings is 1. The van der Waals surface area contributed by atoms with Crippen molar-refractivity contribution in [2.75, 3.05) is 5.32 Å². The van der Waals surface area contributed by atoms with Gasteiger partial charge < -0.3 is 9.73 Å². The Kier molecular flexibility index (Phi) is 4.73. The predicted octanol–water partition coefficient (Wildman–Crippen LogP) is 3.36. The number of aromatic nitrogens is 2. The van der Waals surface area contributed by atoms with Gasteiger partial charge in [-0.1, -0.05) is 28.1 Å². The maximum absolute atomic E-state index is 11.9. The van der Waals surface area contributed by atoms with Gasteiger partial charge in [0.05, 0.1) is 11.4 Å². The van der Waals surface area contributed by atoms with Crippen molar-refractivity contribution < 1.29 is 9.21 Å². The van der Waals surface area contributed by atoms with E-state index < -0.39 is 5.76 Å². The summed E-state index contributed by atoms with van der Waals surface area (Å²) in [5, 5.41) is 8.75. The molecule has 0 fully saturated rings. The first-order chi connectivity index (χ1) is 11.1. The van der Waals surface area contributed by atoms with E-state index >= 15 is 0 Å². The molecule has 0 unspecified atom stereocenters. The van der Waals surface area contributed by atoms with Crippen molar-refractivity contribution in [2.45, 2.75) is 13.0 Å². The minimum absolute atomic E-state index is 0.128. The number of rotatable bonds is 5. The first-order valence-electron chi connectivity index (χ1n) is 6.79. The number of nitrogens with one attached hydrogen (secondary N) is 1. The standard InChI is InChI=1S/C15H12BrN3O3S/c16-10-3-1-4-11(9-10)17-13(20)6-7-19-15(21)22-14(18-19)12-5-2-8-23-12/h1-5,8-9H,6-7H2,(H,17,20). The quantitative estimate of drug-likeness (QED) is 0.720. The zero-order valence-corrected chi connectivity index (χ0v) is 14.3. The molecule has 0 aliphatic heterocycles. The van der Waals surface area contributed by atoms with Gasteiger partial charge in [-0.15, -0.1) is 16.4 Å². The number of carbonyl (C=O) groups excluding carboxylic acids is 1. The second-order valence-electron chi connectivity index (χ2n) is 4.68. The number of carbonyl (C=O) groups is 1. The fraction of sp³-hybridized carbons (Fsp3) is 0.133. The third kappa shape index (κ3) is 3.96. The summed E-state index contributed by atoms with van der Waals surface area (Å²) >= 11 is 4.77. The van der Waals surface area contributed by atoms with E-state index in [0.29, 0.717) is 5.69 Å². The first-order valence-corrected chi connectivity index (χ1v) is 8.46. The summed E-state index contributed by atoms with van der Waals surface area (Å²) in [4.78, 5) is 24.5. The Labute approximate surface area is 143 Å². The molecule has 8 heteroatoms. The van der Waals surface area contributed by atoms with Crippen LogP contribution in [0.25, 0.3) is 10.8 Å². The Morgan fingerprint density at radius 3 is 2.96 bits per heavy atom. The number of benzene rings is 1. The molecule has 2 aromatic heterocycles. The molecule has 6 nitrogen and oxygen atoms in total. The third-order valence-corrected chi connectivity index (χ3v) is 4.35. The van der Waals surface area contributed by atoms with E-state index in [1.807, 2.05) is 29.6 Å². The Morgan fingerprint density at radius 1 is 1.35 bits per heavy atom. The molecule has 0 aliphatic rings. The molecule has 3 aromatic rings. The number of anilines is 1. The third-order valence-electron chi connectivity index (χ3n) is 3.00. The van der Waals surface area contributed by atoms with Gasteiger partial charge in [0.1, 0.15) is 0 Å². The Bertz CT molecular complexity index is 870. The lowest BCUT2D eigenvalue weighted by atomic mass is 10.3. The highest BCUT2D eigenvalue weighted by atomic mass is 79.9. The summed E-state index contributed by atoms with van der Waals surface area (Å²) in [6.45, 7) is 0.160. The number of halogens is 1. The van der Waals surface area contributed by atoms with Crippen LogP contribution in [0.3, 0.4) is 0 Å². The lowest BCUT2D eigenvalue weighted by molar-refractivity contribution is -0.116. The van der Waals surface area contributed by atoms with Crippen LogP contribution in [0.2, 0.25) is 0 Å². The van der Waals surface area contributed by atoms with E-state index in [1.165, 1.54) is 11.3 Å². The molecule has 0 saturated carbocycles. The van der Waals surface area contributed by atoms with Gasteiger partial charge in [-0.25, -0.2) is 4.79 Å². The Balaban J connectivity index is 1.62. The highest BCUT2D eigenvalue weighted by Gasteiger charge is 2.12. The van der Waals surface area contributed by atoms with Gasteiger partial charge in [-0.2, -0.15) is 4.68 Å². The summed E-state index contributed by atoms with van der Waals surface area (Å²) in [6.07, 6.45) is 0.128. The lowest BCUT2D eigenvalue weighted by Crippen LogP contribution is -2.20. The zero-order valence-electron chi connectivity index (χ0n) is 11.9. The van der Waals surface area contributed by atoms with E-state index in [2.05, 4.69) is 26.3 Å². The molecule has 1 N–H and O–H groups in total. The highest BCUT2D eigenvalue weighted by Crippen LogP contribution is 2.21. The summed E-state index contributed by atoms with van der Waals surface area (Å²) in [6, 6.07) is 11.0. The van der Waals surface area contributed by atoms with Gasteiger partial charge in [0.25, 0.3) is 5.89 Å². The molecule has 0 aliphatic carbocycles. The summed E-state index contributed by atoms with van der Waals surface area (Å²) in [5.74, 6) is -0.489. The first kappa shape index (κ1) is 15.7. The van der Waals surface area contributed by atoms with E-state index in [9.17, 15) is 9.59 Å². The number of hydrogen-bond donors (Lipinski definition) is 1. The van der Waals surface area contributed by atoms with Crippen molar-refractivity contribution in [1.29, 1.82) is 0 Å². The molecule has 0 saturated heterocycles. The number of amides is 1. The molecule has 23 heavy (non-hydrogen) atoms. The van der Waals surface area contributed by atoms with E-state index in [0.717, 1.165) is 14.0 Å². The summed E-state index contributed by atoms with van der Waals surface area (Å²) in [7, 11) is 0. The maximum atomic E-state index is 11.9. The van der Waals surface area contributed by atoms with Gasteiger partial charge in [0.15, 0.2) is 0 Å². The van der Waals surface area contributed by atoms with Crippen molar-refractivity contribution >= 4 is 38.9 Å². The second-order valence-corrected chi connectivity index (χ2v) is 6.55. The fourth-order valence-electron chi connectivity index (χ4n) is 1.94. The van der Waals surface area contributed by atoms with Gasteiger partial charge in [0.2, 0.25) is 5.91 Å². The van der Waals surface area contributed by atoms with Crippen molar-refractivity contribution in [1.82, 2.24) is 9.78 Å². The smallest absolute Gasteiger partial charge is 0.387 e. The molecule has 0 bridgehead atoms. The molecular weight excluding hydrogens is 382 g/mol. The molecule has 1 aromatic carbocycles. The van der Waals surface area contributed by atoms with E-state index in [4.69, 9.17) is 4.42 Å². The molecular formula is C15H12BrN3O3S. The van der Waals surface area contributed by atoms with Crippen LogP contribution in [0.4, 0.5) is 5.69 Å². The van der Waals surface area contributed by atoms with Crippen LogP contribution in [-0.4, -0.2) is 15.7 Å². The fourth-order valence-corrected chi connectivity index (χ4v) is 2.99. The normalized spacial score (nSPS) is 10.7. The van der Waals surface area contributed by atoms with Gasteiger partial charge >= 0.3 is 5.76 Å². The number of hydrogen-bond acceptors (Lipinski definition) is 5. The summed E-state index contributed by atoms with van der Waals surface area (Å²) in [5.41, 5.74) is 0.691. The van der Waals surface area contributed by atoms with Crippen molar-refractivity contribution in [3.05, 3.63) is 56.8 Å². The van der Waals surface area contributed by atoms with Crippen LogP contribution in [0.5, 0.6) is 0 Å². The lowest BCUT2D eigenvalue weighted by Gasteiger charge is -2.04. The Hall–Kier alpha value is -2.19. The number of aryl methyl sites for hydroxylation is 1. The van der Waals surface area contributed by atoms with Crippen molar-refractivity contribution in [3.8, 4) is 10.8 Å². The molecule has 118 valence electrons. The largest absolute Gasteiger partial charge is 0.437 e. The van der Waals surface area contributed by atoms with Gasteiger partial charge in [-0.05, 0) is 29.6 Å². The summed E-state index contributed by atoms with van der Waals surface area (Å²) < 4.78 is 7.13. The van der Waals surface area contributed by atoms with Crippen LogP contribution in [0, 0.1) is 0 Å². The number of nitrogens with zero attached hydrogens (tertiary/aromatic N) is 2. The van der Waals surface area contributed by atoms with Crippen LogP contribution >= 0.6 is 27.3 Å². The average molecular weight is 394 g/mol. The van der Waals surface area contributed by atoms with E-state index in [1.54, 1.807) is 12.1 Å². The molecule has 0 atom stereocenters. The molecule has 3 rings (SSSR count). The molecule has 1 amide bonds. The highest BCUT2D eigenvalue weighted by molar-refractivity contribution is 9.10. The second kappa shape index (κ2) is 6.93. The Morgan fingerprint density at radius 2 is 2.22 bits per heavy atom. The van der Waals surface area contributed by atoms with E-state index in [-0.39, 0.29) is 24.8 Å². The minimum atomic E-state index is -0.566. The van der Waals surface area contributed by atoms with Gasteiger partial charge in [-0.3, -0.25) is 4.79 Å². The SMILES string of the molecule is O=C(CCn1nc(-c2cccs2)oc1=O)Nc1cccc(Br)c1. The minimum Gasteiger partial charge on any atom is -0.387 e. The van der Waals surface area contributed by atoms with Crippen molar-refractivity contribution in [3.63, 3.8) is 0 Å². The van der Waals surface area contributed by atoms with Gasteiger partial charge in [0, 0.05) is 16.6 Å². The predicted molar refractivity (Wildman–Crippen MR) is 91.5 cm³/mol. The molecule has 0 spiro atoms. The topological polar surface area (TPSA) is 77.1 Å².